The molecule has 0 heterocycles. The van der Waals surface area contributed by atoms with Crippen LogP contribution in [0.25, 0.3) is 0 Å². The minimum absolute atomic E-state index is 0.0154. The Balaban J connectivity index is 2.21. The van der Waals surface area contributed by atoms with Crippen molar-refractivity contribution in [2.75, 3.05) is 6.61 Å². The number of Topliss-reactive ketones (excluding diaryl/α,β-unsaturated/α-hetero) is 1. The van der Waals surface area contributed by atoms with E-state index in [1.807, 2.05) is 6.92 Å². The topological polar surface area (TPSA) is 63.6 Å². The molecule has 5 atom stereocenters. The molecule has 0 bridgehead atoms. The smallest absolute Gasteiger partial charge is 0.302 e. The first kappa shape index (κ1) is 14.3. The quantitative estimate of drug-likeness (QED) is 0.624. The fourth-order valence-corrected chi connectivity index (χ4v) is 3.85. The number of fused-ring (bicyclic) bond motifs is 1. The zero-order chi connectivity index (χ0) is 14.2. The Morgan fingerprint density at radius 3 is 2.74 bits per heavy atom. The van der Waals surface area contributed by atoms with Gasteiger partial charge in [-0.15, -0.1) is 0 Å². The number of hydrogen-bond donors (Lipinski definition) is 1. The van der Waals surface area contributed by atoms with Gasteiger partial charge in [-0.1, -0.05) is 12.2 Å². The first-order valence-electron chi connectivity index (χ1n) is 6.91. The van der Waals surface area contributed by atoms with Crippen LogP contribution in [-0.2, 0) is 14.3 Å². The average Bonchev–Trinajstić information content (AvgIpc) is 2.67. The van der Waals surface area contributed by atoms with Crippen LogP contribution in [0.15, 0.2) is 12.2 Å². The molecule has 2 fully saturated rings. The Labute approximate surface area is 113 Å². The van der Waals surface area contributed by atoms with E-state index in [9.17, 15) is 14.7 Å². The van der Waals surface area contributed by atoms with Crippen LogP contribution in [0.5, 0.6) is 0 Å². The molecule has 0 aromatic heterocycles. The lowest BCUT2D eigenvalue weighted by atomic mass is 9.64. The van der Waals surface area contributed by atoms with Crippen LogP contribution in [0.2, 0.25) is 0 Å². The van der Waals surface area contributed by atoms with E-state index in [0.29, 0.717) is 12.8 Å². The first-order valence-corrected chi connectivity index (χ1v) is 6.91. The van der Waals surface area contributed by atoms with E-state index in [2.05, 4.69) is 6.58 Å². The molecule has 4 heteroatoms. The summed E-state index contributed by atoms with van der Waals surface area (Å²) in [7, 11) is 0. The van der Waals surface area contributed by atoms with Gasteiger partial charge >= 0.3 is 5.97 Å². The second kappa shape index (κ2) is 5.45. The van der Waals surface area contributed by atoms with Gasteiger partial charge in [0, 0.05) is 31.1 Å². The fourth-order valence-electron chi connectivity index (χ4n) is 3.85. The Morgan fingerprint density at radius 1 is 1.47 bits per heavy atom. The number of rotatable bonds is 3. The number of aliphatic hydroxyl groups excluding tert-OH is 1. The highest BCUT2D eigenvalue weighted by Crippen LogP contribution is 2.48. The predicted octanol–water partition coefficient (Wildman–Crippen LogP) is 1.72. The van der Waals surface area contributed by atoms with Gasteiger partial charge in [0.2, 0.25) is 0 Å². The van der Waals surface area contributed by atoms with E-state index in [-0.39, 0.29) is 42.0 Å². The van der Waals surface area contributed by atoms with Crippen LogP contribution < -0.4 is 0 Å². The van der Waals surface area contributed by atoms with Crippen LogP contribution in [0.3, 0.4) is 0 Å². The molecule has 2 saturated carbocycles. The molecule has 0 aromatic carbocycles. The third-order valence-corrected chi connectivity index (χ3v) is 4.62. The lowest BCUT2D eigenvalue weighted by Crippen LogP contribution is -2.45. The molecule has 2 unspecified atom stereocenters. The Morgan fingerprint density at radius 2 is 2.16 bits per heavy atom. The van der Waals surface area contributed by atoms with Gasteiger partial charge in [-0.3, -0.25) is 9.59 Å². The lowest BCUT2D eigenvalue weighted by molar-refractivity contribution is -0.146. The van der Waals surface area contributed by atoms with Crippen molar-refractivity contribution in [1.29, 1.82) is 0 Å². The van der Waals surface area contributed by atoms with Crippen LogP contribution in [-0.4, -0.2) is 29.6 Å². The standard InChI is InChI=1S/C15H22O4/c1-8(2)15-12(7-19-9(3)16)10-4-5-13(17)11(10)6-14(15)18/h10-12,14-15,18H,1,4-7H2,2-3H3/t10-,11-,12?,14?,15+/m1/s1. The molecule has 0 radical (unpaired) electrons. The monoisotopic (exact) mass is 266 g/mol. The van der Waals surface area contributed by atoms with Crippen LogP contribution in [0.1, 0.15) is 33.1 Å². The van der Waals surface area contributed by atoms with Gasteiger partial charge in [0.1, 0.15) is 5.78 Å². The summed E-state index contributed by atoms with van der Waals surface area (Å²) in [4.78, 5) is 22.9. The molecule has 2 aliphatic rings. The SMILES string of the molecule is C=C(C)[C@@H]1C(O)C[C@H]2C(=O)CC[C@H]2C1COC(C)=O. The molecule has 0 aromatic rings. The van der Waals surface area contributed by atoms with Crippen molar-refractivity contribution in [2.45, 2.75) is 39.2 Å². The van der Waals surface area contributed by atoms with E-state index in [4.69, 9.17) is 4.74 Å². The van der Waals surface area contributed by atoms with Gasteiger partial charge in [0.05, 0.1) is 12.7 Å². The molecule has 106 valence electrons. The number of aliphatic hydroxyl groups is 1. The molecule has 0 saturated heterocycles. The Hall–Kier alpha value is -1.16. The van der Waals surface area contributed by atoms with Crippen molar-refractivity contribution in [3.63, 3.8) is 0 Å². The molecule has 1 N–H and O–H groups in total. The van der Waals surface area contributed by atoms with Crippen LogP contribution in [0.4, 0.5) is 0 Å². The summed E-state index contributed by atoms with van der Waals surface area (Å²) in [6, 6.07) is 0. The van der Waals surface area contributed by atoms with E-state index < -0.39 is 6.10 Å². The van der Waals surface area contributed by atoms with Gasteiger partial charge in [0.15, 0.2) is 0 Å². The summed E-state index contributed by atoms with van der Waals surface area (Å²) in [6.07, 6.45) is 1.40. The van der Waals surface area contributed by atoms with Crippen molar-refractivity contribution in [3.8, 4) is 0 Å². The number of ketones is 1. The van der Waals surface area contributed by atoms with E-state index in [0.717, 1.165) is 12.0 Å². The van der Waals surface area contributed by atoms with E-state index >= 15 is 0 Å². The normalized spacial score (nSPS) is 37.8. The number of carbonyl (C=O) groups is 2. The third-order valence-electron chi connectivity index (χ3n) is 4.62. The molecule has 0 aliphatic heterocycles. The first-order chi connectivity index (χ1) is 8.91. The van der Waals surface area contributed by atoms with E-state index in [1.165, 1.54) is 6.92 Å². The summed E-state index contributed by atoms with van der Waals surface area (Å²) < 4.78 is 5.15. The fraction of sp³-hybridized carbons (Fsp3) is 0.733. The molecule has 19 heavy (non-hydrogen) atoms. The maximum absolute atomic E-state index is 11.9. The predicted molar refractivity (Wildman–Crippen MR) is 70.3 cm³/mol. The third kappa shape index (κ3) is 2.73. The summed E-state index contributed by atoms with van der Waals surface area (Å²) in [5.74, 6) is 0.0228. The van der Waals surface area contributed by atoms with Crippen LogP contribution >= 0.6 is 0 Å². The number of carbonyl (C=O) groups excluding carboxylic acids is 2. The largest absolute Gasteiger partial charge is 0.466 e. The van der Waals surface area contributed by atoms with Crippen molar-refractivity contribution in [2.24, 2.45) is 23.7 Å². The highest BCUT2D eigenvalue weighted by atomic mass is 16.5. The zero-order valence-corrected chi connectivity index (χ0v) is 11.6. The lowest BCUT2D eigenvalue weighted by Gasteiger charge is -2.42. The number of esters is 1. The summed E-state index contributed by atoms with van der Waals surface area (Å²) in [6.45, 7) is 7.51. The maximum atomic E-state index is 11.9. The minimum atomic E-state index is -0.554. The molecule has 0 spiro atoms. The van der Waals surface area contributed by atoms with Crippen molar-refractivity contribution >= 4 is 11.8 Å². The van der Waals surface area contributed by atoms with Crippen molar-refractivity contribution in [1.82, 2.24) is 0 Å². The highest BCUT2D eigenvalue weighted by molar-refractivity contribution is 5.83. The molecular weight excluding hydrogens is 244 g/mol. The van der Waals surface area contributed by atoms with Crippen LogP contribution in [0, 0.1) is 23.7 Å². The molecule has 4 nitrogen and oxygen atoms in total. The molecule has 0 amide bonds. The number of hydrogen-bond acceptors (Lipinski definition) is 4. The highest BCUT2D eigenvalue weighted by Gasteiger charge is 2.49. The molecule has 2 aliphatic carbocycles. The second-order valence-corrected chi connectivity index (χ2v) is 5.92. The van der Waals surface area contributed by atoms with Gasteiger partial charge in [-0.25, -0.2) is 0 Å². The molecular formula is C15H22O4. The second-order valence-electron chi connectivity index (χ2n) is 5.92. The summed E-state index contributed by atoms with van der Waals surface area (Å²) >= 11 is 0. The summed E-state index contributed by atoms with van der Waals surface area (Å²) in [5.41, 5.74) is 0.905. The Kier molecular flexibility index (Phi) is 4.09. The van der Waals surface area contributed by atoms with Gasteiger partial charge in [0.25, 0.3) is 0 Å². The van der Waals surface area contributed by atoms with E-state index in [1.54, 1.807) is 0 Å². The average molecular weight is 266 g/mol. The van der Waals surface area contributed by atoms with Gasteiger partial charge < -0.3 is 9.84 Å². The molecule has 2 rings (SSSR count). The zero-order valence-electron chi connectivity index (χ0n) is 11.6. The summed E-state index contributed by atoms with van der Waals surface area (Å²) in [5, 5.41) is 10.3. The van der Waals surface area contributed by atoms with Gasteiger partial charge in [-0.2, -0.15) is 0 Å². The Bertz CT molecular complexity index is 401. The minimum Gasteiger partial charge on any atom is -0.466 e. The maximum Gasteiger partial charge on any atom is 0.302 e. The van der Waals surface area contributed by atoms with Gasteiger partial charge in [-0.05, 0) is 25.7 Å². The van der Waals surface area contributed by atoms with Crippen molar-refractivity contribution < 1.29 is 19.4 Å². The number of ether oxygens (including phenoxy) is 1. The van der Waals surface area contributed by atoms with Crippen molar-refractivity contribution in [3.05, 3.63) is 12.2 Å².